The Balaban J connectivity index is 1.20. The summed E-state index contributed by atoms with van der Waals surface area (Å²) >= 11 is 0. The average Bonchev–Trinajstić information content (AvgIpc) is 3.49. The van der Waals surface area contributed by atoms with Crippen LogP contribution < -0.4 is 5.32 Å². The first-order valence-electron chi connectivity index (χ1n) is 11.4. The molecule has 29 heavy (non-hydrogen) atoms. The summed E-state index contributed by atoms with van der Waals surface area (Å²) in [6.45, 7) is 6.38. The maximum Gasteiger partial charge on any atom is 0.321 e. The van der Waals surface area contributed by atoms with Crippen molar-refractivity contribution in [2.24, 2.45) is 5.92 Å². The third-order valence-corrected chi connectivity index (χ3v) is 6.82. The summed E-state index contributed by atoms with van der Waals surface area (Å²) in [7, 11) is 0. The number of oxazole rings is 1. The molecule has 6 nitrogen and oxygen atoms in total. The molecule has 2 atom stereocenters. The Morgan fingerprint density at radius 1 is 1.17 bits per heavy atom. The number of piperidine rings is 2. The van der Waals surface area contributed by atoms with E-state index in [-0.39, 0.29) is 6.03 Å². The van der Waals surface area contributed by atoms with Gasteiger partial charge in [-0.1, -0.05) is 6.42 Å². The molecule has 6 heteroatoms. The molecule has 3 fully saturated rings. The number of nitrogens with one attached hydrogen (secondary N) is 1. The second kappa shape index (κ2) is 7.98. The van der Waals surface area contributed by atoms with Crippen LogP contribution in [0.4, 0.5) is 10.5 Å². The Morgan fingerprint density at radius 2 is 2.07 bits per heavy atom. The second-order valence-electron chi connectivity index (χ2n) is 9.23. The van der Waals surface area contributed by atoms with Crippen molar-refractivity contribution in [2.75, 3.05) is 31.5 Å². The SMILES string of the molecule is CC1CCCCN1CC1CCCN(C(=O)Nc2ccc3nc(C4CC4)oc3c2)C1. The monoisotopic (exact) mass is 396 g/mol. The first kappa shape index (κ1) is 18.9. The van der Waals surface area contributed by atoms with Crippen molar-refractivity contribution in [3.63, 3.8) is 0 Å². The van der Waals surface area contributed by atoms with Crippen LogP contribution in [0.1, 0.15) is 63.7 Å². The number of carbonyl (C=O) groups is 1. The Bertz CT molecular complexity index is 875. The zero-order valence-electron chi connectivity index (χ0n) is 17.4. The minimum absolute atomic E-state index is 0.00248. The standard InChI is InChI=1S/C23H32N4O2/c1-16-5-2-3-11-26(16)14-17-6-4-12-27(15-17)23(28)24-19-9-10-20-21(13-19)29-22(25-20)18-7-8-18/h9-10,13,16-18H,2-8,11-12,14-15H2,1H3,(H,24,28). The van der Waals surface area contributed by atoms with E-state index >= 15 is 0 Å². The average molecular weight is 397 g/mol. The molecule has 0 radical (unpaired) electrons. The van der Waals surface area contributed by atoms with E-state index in [1.165, 1.54) is 45.1 Å². The molecule has 0 bridgehead atoms. The van der Waals surface area contributed by atoms with Gasteiger partial charge in [-0.15, -0.1) is 0 Å². The third-order valence-electron chi connectivity index (χ3n) is 6.82. The number of carbonyl (C=O) groups excluding carboxylic acids is 1. The number of hydrogen-bond donors (Lipinski definition) is 1. The van der Waals surface area contributed by atoms with Crippen LogP contribution in [0.25, 0.3) is 11.1 Å². The molecule has 2 aromatic rings. The highest BCUT2D eigenvalue weighted by Crippen LogP contribution is 2.40. The zero-order valence-corrected chi connectivity index (χ0v) is 17.4. The molecule has 1 saturated carbocycles. The molecule has 1 aromatic carbocycles. The van der Waals surface area contributed by atoms with Gasteiger partial charge < -0.3 is 19.5 Å². The molecule has 2 amide bonds. The fraction of sp³-hybridized carbons (Fsp3) is 0.652. The molecular formula is C23H32N4O2. The predicted octanol–water partition coefficient (Wildman–Crippen LogP) is 4.82. The van der Waals surface area contributed by atoms with E-state index in [1.54, 1.807) is 0 Å². The van der Waals surface area contributed by atoms with E-state index in [0.717, 1.165) is 48.7 Å². The maximum atomic E-state index is 12.9. The third kappa shape index (κ3) is 4.27. The van der Waals surface area contributed by atoms with Gasteiger partial charge in [-0.3, -0.25) is 0 Å². The lowest BCUT2D eigenvalue weighted by atomic mass is 9.95. The fourth-order valence-electron chi connectivity index (χ4n) is 4.89. The highest BCUT2D eigenvalue weighted by Gasteiger charge is 2.29. The lowest BCUT2D eigenvalue weighted by Gasteiger charge is -2.39. The largest absolute Gasteiger partial charge is 0.440 e. The lowest BCUT2D eigenvalue weighted by Crippen LogP contribution is -2.47. The number of anilines is 1. The van der Waals surface area contributed by atoms with Crippen LogP contribution in [0.15, 0.2) is 22.6 Å². The van der Waals surface area contributed by atoms with Gasteiger partial charge in [0.05, 0.1) is 0 Å². The molecule has 1 aliphatic carbocycles. The van der Waals surface area contributed by atoms with Gasteiger partial charge in [0.25, 0.3) is 0 Å². The van der Waals surface area contributed by atoms with Crippen molar-refractivity contribution in [1.82, 2.24) is 14.8 Å². The molecular weight excluding hydrogens is 364 g/mol. The lowest BCUT2D eigenvalue weighted by molar-refractivity contribution is 0.104. The van der Waals surface area contributed by atoms with Crippen LogP contribution in [-0.2, 0) is 0 Å². The number of benzene rings is 1. The number of urea groups is 1. The van der Waals surface area contributed by atoms with Gasteiger partial charge >= 0.3 is 6.03 Å². The van der Waals surface area contributed by atoms with Crippen LogP contribution in [0.3, 0.4) is 0 Å². The van der Waals surface area contributed by atoms with Crippen molar-refractivity contribution >= 4 is 22.8 Å². The van der Waals surface area contributed by atoms with Crippen LogP contribution >= 0.6 is 0 Å². The van der Waals surface area contributed by atoms with Crippen molar-refractivity contribution < 1.29 is 9.21 Å². The van der Waals surface area contributed by atoms with Gasteiger partial charge in [0.15, 0.2) is 11.5 Å². The Morgan fingerprint density at radius 3 is 2.90 bits per heavy atom. The zero-order chi connectivity index (χ0) is 19.8. The number of fused-ring (bicyclic) bond motifs is 1. The van der Waals surface area contributed by atoms with E-state index in [2.05, 4.69) is 22.1 Å². The quantitative estimate of drug-likeness (QED) is 0.805. The summed E-state index contributed by atoms with van der Waals surface area (Å²) in [5, 5.41) is 3.08. The number of amides is 2. The van der Waals surface area contributed by atoms with E-state index in [9.17, 15) is 4.79 Å². The number of rotatable bonds is 4. The van der Waals surface area contributed by atoms with Crippen molar-refractivity contribution in [2.45, 2.75) is 63.8 Å². The highest BCUT2D eigenvalue weighted by atomic mass is 16.3. The highest BCUT2D eigenvalue weighted by molar-refractivity contribution is 5.91. The van der Waals surface area contributed by atoms with Crippen LogP contribution in [0, 0.1) is 5.92 Å². The molecule has 3 aliphatic rings. The predicted molar refractivity (Wildman–Crippen MR) is 114 cm³/mol. The van der Waals surface area contributed by atoms with E-state index in [4.69, 9.17) is 4.42 Å². The normalized spacial score (nSPS) is 26.0. The second-order valence-corrected chi connectivity index (χ2v) is 9.23. The summed E-state index contributed by atoms with van der Waals surface area (Å²) in [6.07, 6.45) is 8.63. The molecule has 1 N–H and O–H groups in total. The first-order valence-corrected chi connectivity index (χ1v) is 11.4. The van der Waals surface area contributed by atoms with Gasteiger partial charge in [-0.05, 0) is 70.0 Å². The van der Waals surface area contributed by atoms with Gasteiger partial charge in [0.1, 0.15) is 5.52 Å². The van der Waals surface area contributed by atoms with Crippen LogP contribution in [-0.4, -0.2) is 53.0 Å². The van der Waals surface area contributed by atoms with E-state index in [0.29, 0.717) is 17.9 Å². The Kier molecular flexibility index (Phi) is 5.20. The van der Waals surface area contributed by atoms with Gasteiger partial charge in [-0.2, -0.15) is 0 Å². The molecule has 1 aromatic heterocycles. The Hall–Kier alpha value is -2.08. The fourth-order valence-corrected chi connectivity index (χ4v) is 4.89. The smallest absolute Gasteiger partial charge is 0.321 e. The van der Waals surface area contributed by atoms with Gasteiger partial charge in [0, 0.05) is 43.3 Å². The minimum atomic E-state index is 0.00248. The molecule has 2 saturated heterocycles. The van der Waals surface area contributed by atoms with Crippen molar-refractivity contribution in [3.8, 4) is 0 Å². The summed E-state index contributed by atoms with van der Waals surface area (Å²) in [6, 6.07) is 6.46. The molecule has 2 unspecified atom stereocenters. The summed E-state index contributed by atoms with van der Waals surface area (Å²) in [4.78, 5) is 22.1. The summed E-state index contributed by atoms with van der Waals surface area (Å²) < 4.78 is 5.89. The van der Waals surface area contributed by atoms with E-state index in [1.807, 2.05) is 23.1 Å². The number of hydrogen-bond acceptors (Lipinski definition) is 4. The minimum Gasteiger partial charge on any atom is -0.440 e. The topological polar surface area (TPSA) is 61.6 Å². The first-order chi connectivity index (χ1) is 14.2. The number of nitrogens with zero attached hydrogens (tertiary/aromatic N) is 3. The summed E-state index contributed by atoms with van der Waals surface area (Å²) in [5.41, 5.74) is 2.42. The van der Waals surface area contributed by atoms with Crippen molar-refractivity contribution in [3.05, 3.63) is 24.1 Å². The summed E-state index contributed by atoms with van der Waals surface area (Å²) in [5.74, 6) is 1.91. The van der Waals surface area contributed by atoms with Crippen LogP contribution in [0.5, 0.6) is 0 Å². The number of aromatic nitrogens is 1. The van der Waals surface area contributed by atoms with Crippen LogP contribution in [0.2, 0.25) is 0 Å². The van der Waals surface area contributed by atoms with Crippen molar-refractivity contribution in [1.29, 1.82) is 0 Å². The molecule has 156 valence electrons. The van der Waals surface area contributed by atoms with E-state index < -0.39 is 0 Å². The van der Waals surface area contributed by atoms with Gasteiger partial charge in [0.2, 0.25) is 0 Å². The Labute approximate surface area is 172 Å². The maximum absolute atomic E-state index is 12.9. The molecule has 3 heterocycles. The number of likely N-dealkylation sites (tertiary alicyclic amines) is 2. The van der Waals surface area contributed by atoms with Gasteiger partial charge in [-0.25, -0.2) is 9.78 Å². The molecule has 0 spiro atoms. The molecule has 5 rings (SSSR count). The molecule has 2 aliphatic heterocycles.